The van der Waals surface area contributed by atoms with Gasteiger partial charge in [0, 0.05) is 31.2 Å². The minimum absolute atomic E-state index is 0.465. The van der Waals surface area contributed by atoms with Crippen LogP contribution in [0.2, 0.25) is 0 Å². The molecule has 0 bridgehead atoms. The van der Waals surface area contributed by atoms with Gasteiger partial charge in [-0.25, -0.2) is 4.98 Å². The van der Waals surface area contributed by atoms with Gasteiger partial charge in [-0.2, -0.15) is 0 Å². The lowest BCUT2D eigenvalue weighted by Crippen LogP contribution is -2.34. The molecule has 146 valence electrons. The SMILES string of the molecule is COc1ccccc1N1CCC(C)N(Cc2ncc(-c3ccccc3)o2)CC1. The van der Waals surface area contributed by atoms with Gasteiger partial charge in [-0.05, 0) is 25.5 Å². The lowest BCUT2D eigenvalue weighted by Gasteiger charge is -2.25. The molecule has 0 amide bonds. The van der Waals surface area contributed by atoms with E-state index in [1.54, 1.807) is 7.11 Å². The Morgan fingerprint density at radius 1 is 1.04 bits per heavy atom. The molecular weight excluding hydrogens is 350 g/mol. The van der Waals surface area contributed by atoms with Crippen LogP contribution in [0, 0.1) is 0 Å². The number of methoxy groups -OCH3 is 1. The smallest absolute Gasteiger partial charge is 0.209 e. The number of benzene rings is 2. The largest absolute Gasteiger partial charge is 0.495 e. The molecule has 0 N–H and O–H groups in total. The second kappa shape index (κ2) is 8.48. The Kier molecular flexibility index (Phi) is 5.63. The van der Waals surface area contributed by atoms with Crippen molar-refractivity contribution in [2.45, 2.75) is 25.9 Å². The van der Waals surface area contributed by atoms with Gasteiger partial charge in [0.05, 0.1) is 25.5 Å². The molecule has 4 rings (SSSR count). The molecule has 1 fully saturated rings. The highest BCUT2D eigenvalue weighted by Crippen LogP contribution is 2.29. The molecule has 1 aliphatic rings. The van der Waals surface area contributed by atoms with Crippen LogP contribution >= 0.6 is 0 Å². The maximum Gasteiger partial charge on any atom is 0.209 e. The topological polar surface area (TPSA) is 41.7 Å². The van der Waals surface area contributed by atoms with Crippen LogP contribution in [0.4, 0.5) is 5.69 Å². The average molecular weight is 377 g/mol. The van der Waals surface area contributed by atoms with E-state index in [9.17, 15) is 0 Å². The van der Waals surface area contributed by atoms with Gasteiger partial charge in [0.1, 0.15) is 5.75 Å². The molecule has 2 aromatic carbocycles. The third-order valence-corrected chi connectivity index (χ3v) is 5.47. The first-order chi connectivity index (χ1) is 13.7. The third kappa shape index (κ3) is 4.04. The van der Waals surface area contributed by atoms with Gasteiger partial charge in [0.2, 0.25) is 5.89 Å². The molecule has 1 unspecified atom stereocenters. The number of hydrogen-bond donors (Lipinski definition) is 0. The van der Waals surface area contributed by atoms with Crippen molar-refractivity contribution in [1.29, 1.82) is 0 Å². The molecule has 1 aliphatic heterocycles. The van der Waals surface area contributed by atoms with Crippen LogP contribution in [0.5, 0.6) is 5.75 Å². The maximum absolute atomic E-state index is 6.02. The predicted molar refractivity (Wildman–Crippen MR) is 112 cm³/mol. The molecule has 28 heavy (non-hydrogen) atoms. The van der Waals surface area contributed by atoms with E-state index < -0.39 is 0 Å². The summed E-state index contributed by atoms with van der Waals surface area (Å²) in [5.41, 5.74) is 2.23. The van der Waals surface area contributed by atoms with Crippen molar-refractivity contribution in [2.24, 2.45) is 0 Å². The Balaban J connectivity index is 1.44. The van der Waals surface area contributed by atoms with Crippen molar-refractivity contribution in [3.05, 3.63) is 66.7 Å². The standard InChI is InChI=1S/C23H27N3O2/c1-18-12-13-25(20-10-6-7-11-21(20)27-2)14-15-26(18)17-23-24-16-22(28-23)19-8-4-3-5-9-19/h3-11,16,18H,12-15,17H2,1-2H3. The zero-order valence-electron chi connectivity index (χ0n) is 16.5. The molecule has 1 atom stereocenters. The van der Waals surface area contributed by atoms with Crippen molar-refractivity contribution in [3.8, 4) is 17.1 Å². The van der Waals surface area contributed by atoms with Crippen molar-refractivity contribution in [2.75, 3.05) is 31.6 Å². The first kappa shape index (κ1) is 18.6. The molecular formula is C23H27N3O2. The fourth-order valence-electron chi connectivity index (χ4n) is 3.77. The van der Waals surface area contributed by atoms with Gasteiger partial charge in [-0.1, -0.05) is 42.5 Å². The molecule has 0 saturated carbocycles. The fourth-order valence-corrected chi connectivity index (χ4v) is 3.77. The van der Waals surface area contributed by atoms with Crippen molar-refractivity contribution in [3.63, 3.8) is 0 Å². The van der Waals surface area contributed by atoms with Gasteiger partial charge in [-0.3, -0.25) is 4.90 Å². The summed E-state index contributed by atoms with van der Waals surface area (Å²) in [5.74, 6) is 2.54. The summed E-state index contributed by atoms with van der Waals surface area (Å²) in [6.45, 7) is 5.94. The van der Waals surface area contributed by atoms with Gasteiger partial charge < -0.3 is 14.1 Å². The average Bonchev–Trinajstić information content (AvgIpc) is 3.14. The van der Waals surface area contributed by atoms with Gasteiger partial charge >= 0.3 is 0 Å². The quantitative estimate of drug-likeness (QED) is 0.657. The predicted octanol–water partition coefficient (Wildman–Crippen LogP) is 4.45. The minimum atomic E-state index is 0.465. The Morgan fingerprint density at radius 3 is 2.64 bits per heavy atom. The summed E-state index contributed by atoms with van der Waals surface area (Å²) in [6.07, 6.45) is 2.92. The number of para-hydroxylation sites is 2. The highest BCUT2D eigenvalue weighted by atomic mass is 16.5. The molecule has 5 nitrogen and oxygen atoms in total. The first-order valence-electron chi connectivity index (χ1n) is 9.87. The molecule has 1 saturated heterocycles. The summed E-state index contributed by atoms with van der Waals surface area (Å²) in [4.78, 5) is 9.39. The number of nitrogens with zero attached hydrogens (tertiary/aromatic N) is 3. The summed E-state index contributed by atoms with van der Waals surface area (Å²) < 4.78 is 11.6. The van der Waals surface area contributed by atoms with E-state index in [4.69, 9.17) is 9.15 Å². The Morgan fingerprint density at radius 2 is 1.82 bits per heavy atom. The molecule has 0 aliphatic carbocycles. The van der Waals surface area contributed by atoms with Crippen LogP contribution in [0.1, 0.15) is 19.2 Å². The van der Waals surface area contributed by atoms with E-state index in [-0.39, 0.29) is 0 Å². The second-order valence-corrected chi connectivity index (χ2v) is 7.25. The monoisotopic (exact) mass is 377 g/mol. The van der Waals surface area contributed by atoms with E-state index in [0.29, 0.717) is 6.04 Å². The normalized spacial score (nSPS) is 18.1. The van der Waals surface area contributed by atoms with Gasteiger partial charge in [0.15, 0.2) is 5.76 Å². The summed E-state index contributed by atoms with van der Waals surface area (Å²) in [6, 6.07) is 18.8. The van der Waals surface area contributed by atoms with E-state index in [1.807, 2.05) is 48.7 Å². The van der Waals surface area contributed by atoms with Crippen LogP contribution < -0.4 is 9.64 Å². The van der Waals surface area contributed by atoms with Crippen LogP contribution in [-0.2, 0) is 6.54 Å². The van der Waals surface area contributed by atoms with Gasteiger partial charge in [0.25, 0.3) is 0 Å². The van der Waals surface area contributed by atoms with Gasteiger partial charge in [-0.15, -0.1) is 0 Å². The van der Waals surface area contributed by atoms with E-state index >= 15 is 0 Å². The molecule has 0 spiro atoms. The summed E-state index contributed by atoms with van der Waals surface area (Å²) in [7, 11) is 1.73. The van der Waals surface area contributed by atoms with Crippen LogP contribution in [0.15, 0.2) is 65.2 Å². The highest BCUT2D eigenvalue weighted by molar-refractivity contribution is 5.58. The Hall–Kier alpha value is -2.79. The third-order valence-electron chi connectivity index (χ3n) is 5.47. The molecule has 3 aromatic rings. The van der Waals surface area contributed by atoms with Crippen LogP contribution in [-0.4, -0.2) is 42.7 Å². The number of oxazole rings is 1. The van der Waals surface area contributed by atoms with E-state index in [2.05, 4.69) is 33.8 Å². The molecule has 0 radical (unpaired) electrons. The van der Waals surface area contributed by atoms with Crippen LogP contribution in [0.25, 0.3) is 11.3 Å². The molecule has 2 heterocycles. The lowest BCUT2D eigenvalue weighted by atomic mass is 10.2. The molecule has 1 aromatic heterocycles. The number of rotatable bonds is 5. The van der Waals surface area contributed by atoms with Crippen LogP contribution in [0.3, 0.4) is 0 Å². The maximum atomic E-state index is 6.02. The van der Waals surface area contributed by atoms with Crippen molar-refractivity contribution >= 4 is 5.69 Å². The first-order valence-corrected chi connectivity index (χ1v) is 9.87. The fraction of sp³-hybridized carbons (Fsp3) is 0.348. The summed E-state index contributed by atoms with van der Waals surface area (Å²) >= 11 is 0. The van der Waals surface area contributed by atoms with Crippen molar-refractivity contribution < 1.29 is 9.15 Å². The number of aromatic nitrogens is 1. The Bertz CT molecular complexity index is 894. The number of ether oxygens (including phenoxy) is 1. The number of anilines is 1. The zero-order chi connectivity index (χ0) is 19.3. The van der Waals surface area contributed by atoms with E-state index in [0.717, 1.165) is 55.6 Å². The Labute approximate surface area is 166 Å². The minimum Gasteiger partial charge on any atom is -0.495 e. The lowest BCUT2D eigenvalue weighted by molar-refractivity contribution is 0.192. The number of hydrogen-bond acceptors (Lipinski definition) is 5. The van der Waals surface area contributed by atoms with Crippen molar-refractivity contribution in [1.82, 2.24) is 9.88 Å². The molecule has 5 heteroatoms. The highest BCUT2D eigenvalue weighted by Gasteiger charge is 2.24. The zero-order valence-corrected chi connectivity index (χ0v) is 16.5. The summed E-state index contributed by atoms with van der Waals surface area (Å²) in [5, 5.41) is 0. The van der Waals surface area contributed by atoms with E-state index in [1.165, 1.54) is 5.69 Å². The second-order valence-electron chi connectivity index (χ2n) is 7.25.